The van der Waals surface area contributed by atoms with E-state index in [4.69, 9.17) is 0 Å². The van der Waals surface area contributed by atoms with Gasteiger partial charge in [0, 0.05) is 0 Å². The molecule has 1 aromatic rings. The van der Waals surface area contributed by atoms with Crippen LogP contribution in [0.5, 0.6) is 0 Å². The van der Waals surface area contributed by atoms with Crippen molar-refractivity contribution in [2.45, 2.75) is 20.3 Å². The van der Waals surface area contributed by atoms with E-state index in [0.29, 0.717) is 0 Å². The zero-order valence-electron chi connectivity index (χ0n) is 8.70. The molecular formula is C11H12N2O2. The van der Waals surface area contributed by atoms with E-state index < -0.39 is 0 Å². The average Bonchev–Trinajstić information content (AvgIpc) is 2.45. The van der Waals surface area contributed by atoms with Gasteiger partial charge in [0.15, 0.2) is 0 Å². The topological polar surface area (TPSA) is 49.4 Å². The van der Waals surface area contributed by atoms with Crippen molar-refractivity contribution in [1.82, 2.24) is 5.43 Å². The fourth-order valence-electron chi connectivity index (χ4n) is 1.69. The second kappa shape index (κ2) is 3.38. The molecule has 0 spiro atoms. The van der Waals surface area contributed by atoms with Crippen LogP contribution in [0.15, 0.2) is 18.2 Å². The summed E-state index contributed by atoms with van der Waals surface area (Å²) in [6.07, 6.45) is -0.0622. The first-order valence-electron chi connectivity index (χ1n) is 4.77. The predicted molar refractivity (Wildman–Crippen MR) is 56.2 cm³/mol. The van der Waals surface area contributed by atoms with Gasteiger partial charge in [-0.1, -0.05) is 17.7 Å². The van der Waals surface area contributed by atoms with Crippen LogP contribution in [-0.2, 0) is 9.59 Å². The molecule has 15 heavy (non-hydrogen) atoms. The van der Waals surface area contributed by atoms with Crippen molar-refractivity contribution in [3.05, 3.63) is 29.3 Å². The summed E-state index contributed by atoms with van der Waals surface area (Å²) >= 11 is 0. The number of carbonyl (C=O) groups is 2. The number of aryl methyl sites for hydroxylation is 2. The lowest BCUT2D eigenvalue weighted by molar-refractivity contribution is -0.122. The minimum atomic E-state index is -0.250. The summed E-state index contributed by atoms with van der Waals surface area (Å²) in [5, 5.41) is 1.32. The van der Waals surface area contributed by atoms with E-state index in [1.807, 2.05) is 32.0 Å². The predicted octanol–water partition coefficient (Wildman–Crippen LogP) is 1.07. The first-order chi connectivity index (χ1) is 7.08. The van der Waals surface area contributed by atoms with Gasteiger partial charge >= 0.3 is 0 Å². The van der Waals surface area contributed by atoms with Gasteiger partial charge in [0.1, 0.15) is 6.42 Å². The van der Waals surface area contributed by atoms with Gasteiger partial charge in [-0.3, -0.25) is 15.0 Å². The monoisotopic (exact) mass is 204 g/mol. The Kier molecular flexibility index (Phi) is 2.19. The molecule has 0 unspecified atom stereocenters. The van der Waals surface area contributed by atoms with Gasteiger partial charge in [0.05, 0.1) is 5.69 Å². The molecule has 1 N–H and O–H groups in total. The maximum Gasteiger partial charge on any atom is 0.255 e. The van der Waals surface area contributed by atoms with E-state index in [0.717, 1.165) is 16.8 Å². The fourth-order valence-corrected chi connectivity index (χ4v) is 1.69. The third-order valence-electron chi connectivity index (χ3n) is 2.39. The lowest BCUT2D eigenvalue weighted by Gasteiger charge is -2.17. The third kappa shape index (κ3) is 1.70. The molecule has 0 atom stereocenters. The van der Waals surface area contributed by atoms with E-state index >= 15 is 0 Å². The van der Waals surface area contributed by atoms with Crippen molar-refractivity contribution < 1.29 is 9.59 Å². The van der Waals surface area contributed by atoms with Gasteiger partial charge in [0.25, 0.3) is 5.91 Å². The zero-order valence-corrected chi connectivity index (χ0v) is 8.70. The second-order valence-electron chi connectivity index (χ2n) is 3.73. The Bertz CT molecular complexity index is 440. The molecule has 1 fully saturated rings. The van der Waals surface area contributed by atoms with Crippen molar-refractivity contribution in [3.8, 4) is 0 Å². The van der Waals surface area contributed by atoms with Crippen molar-refractivity contribution in [1.29, 1.82) is 0 Å². The Morgan fingerprint density at radius 2 is 2.00 bits per heavy atom. The maximum atomic E-state index is 11.5. The molecule has 0 aromatic heterocycles. The molecule has 4 heteroatoms. The van der Waals surface area contributed by atoms with Crippen LogP contribution in [0.1, 0.15) is 17.5 Å². The number of hydrogen-bond acceptors (Lipinski definition) is 2. The molecule has 2 rings (SSSR count). The normalized spacial score (nSPS) is 15.7. The van der Waals surface area contributed by atoms with Crippen molar-refractivity contribution in [2.24, 2.45) is 0 Å². The van der Waals surface area contributed by atoms with E-state index in [-0.39, 0.29) is 18.2 Å². The number of rotatable bonds is 1. The third-order valence-corrected chi connectivity index (χ3v) is 2.39. The Morgan fingerprint density at radius 1 is 1.27 bits per heavy atom. The number of carbonyl (C=O) groups excluding carboxylic acids is 2. The molecule has 1 aromatic carbocycles. The minimum Gasteiger partial charge on any atom is -0.273 e. The Labute approximate surface area is 87.9 Å². The smallest absolute Gasteiger partial charge is 0.255 e. The van der Waals surface area contributed by atoms with Gasteiger partial charge in [-0.15, -0.1) is 0 Å². The molecule has 0 aliphatic carbocycles. The Balaban J connectivity index is 2.38. The molecule has 0 saturated carbocycles. The number of anilines is 1. The van der Waals surface area contributed by atoms with Gasteiger partial charge < -0.3 is 0 Å². The summed E-state index contributed by atoms with van der Waals surface area (Å²) in [4.78, 5) is 22.5. The molecule has 1 heterocycles. The van der Waals surface area contributed by atoms with Gasteiger partial charge in [0.2, 0.25) is 5.91 Å². The van der Waals surface area contributed by atoms with E-state index in [1.54, 1.807) is 0 Å². The van der Waals surface area contributed by atoms with Gasteiger partial charge in [-0.05, 0) is 25.5 Å². The van der Waals surface area contributed by atoms with Crippen molar-refractivity contribution >= 4 is 17.5 Å². The van der Waals surface area contributed by atoms with Crippen LogP contribution >= 0.6 is 0 Å². The molecule has 1 aliphatic rings. The number of hydrazine groups is 1. The number of hydrogen-bond donors (Lipinski definition) is 1. The van der Waals surface area contributed by atoms with Crippen LogP contribution in [0, 0.1) is 13.8 Å². The summed E-state index contributed by atoms with van der Waals surface area (Å²) in [7, 11) is 0. The van der Waals surface area contributed by atoms with Crippen LogP contribution < -0.4 is 10.4 Å². The number of nitrogens with zero attached hydrogens (tertiary/aromatic N) is 1. The summed E-state index contributed by atoms with van der Waals surface area (Å²) in [6.45, 7) is 3.90. The highest BCUT2D eigenvalue weighted by atomic mass is 16.2. The SMILES string of the molecule is Cc1ccc(N2NC(=O)CC2=O)c(C)c1. The molecule has 2 amide bonds. The molecule has 1 aliphatic heterocycles. The number of benzene rings is 1. The lowest BCUT2D eigenvalue weighted by Crippen LogP contribution is -2.36. The largest absolute Gasteiger partial charge is 0.273 e. The maximum absolute atomic E-state index is 11.5. The average molecular weight is 204 g/mol. The summed E-state index contributed by atoms with van der Waals surface area (Å²) in [5.41, 5.74) is 5.38. The van der Waals surface area contributed by atoms with Crippen LogP contribution in [-0.4, -0.2) is 11.8 Å². The summed E-state index contributed by atoms with van der Waals surface area (Å²) < 4.78 is 0. The van der Waals surface area contributed by atoms with Crippen LogP contribution in [0.3, 0.4) is 0 Å². The molecule has 0 bridgehead atoms. The zero-order chi connectivity index (χ0) is 11.0. The molecule has 1 saturated heterocycles. The first-order valence-corrected chi connectivity index (χ1v) is 4.77. The quantitative estimate of drug-likeness (QED) is 0.696. The van der Waals surface area contributed by atoms with Crippen LogP contribution in [0.2, 0.25) is 0 Å². The molecule has 78 valence electrons. The lowest BCUT2D eigenvalue weighted by atomic mass is 10.1. The Hall–Kier alpha value is -1.84. The summed E-state index contributed by atoms with van der Waals surface area (Å²) in [6, 6.07) is 5.74. The van der Waals surface area contributed by atoms with Crippen molar-refractivity contribution in [3.63, 3.8) is 0 Å². The summed E-state index contributed by atoms with van der Waals surface area (Å²) in [5.74, 6) is -0.452. The van der Waals surface area contributed by atoms with Gasteiger partial charge in [-0.2, -0.15) is 0 Å². The number of amides is 2. The minimum absolute atomic E-state index is 0.0622. The van der Waals surface area contributed by atoms with Crippen molar-refractivity contribution in [2.75, 3.05) is 5.01 Å². The van der Waals surface area contributed by atoms with E-state index in [2.05, 4.69) is 5.43 Å². The van der Waals surface area contributed by atoms with Crippen LogP contribution in [0.25, 0.3) is 0 Å². The molecule has 0 radical (unpaired) electrons. The highest BCUT2D eigenvalue weighted by Gasteiger charge is 2.28. The standard InChI is InChI=1S/C11H12N2O2/c1-7-3-4-9(8(2)5-7)13-11(15)6-10(14)12-13/h3-5H,6H2,1-2H3,(H,12,14). The van der Waals surface area contributed by atoms with Crippen LogP contribution in [0.4, 0.5) is 5.69 Å². The second-order valence-corrected chi connectivity index (χ2v) is 3.73. The Morgan fingerprint density at radius 3 is 2.53 bits per heavy atom. The van der Waals surface area contributed by atoms with E-state index in [1.165, 1.54) is 5.01 Å². The van der Waals surface area contributed by atoms with Gasteiger partial charge in [-0.25, -0.2) is 5.01 Å². The number of nitrogens with one attached hydrogen (secondary N) is 1. The highest BCUT2D eigenvalue weighted by Crippen LogP contribution is 2.22. The molecule has 4 nitrogen and oxygen atoms in total. The fraction of sp³-hybridized carbons (Fsp3) is 0.273. The highest BCUT2D eigenvalue weighted by molar-refractivity contribution is 6.12. The first kappa shape index (κ1) is 9.71. The van der Waals surface area contributed by atoms with E-state index in [9.17, 15) is 9.59 Å². The molecular weight excluding hydrogens is 192 g/mol.